The van der Waals surface area contributed by atoms with Crippen LogP contribution in [0.3, 0.4) is 0 Å². The van der Waals surface area contributed by atoms with E-state index in [0.717, 1.165) is 58.9 Å². The highest BCUT2D eigenvalue weighted by Crippen LogP contribution is 2.33. The van der Waals surface area contributed by atoms with Crippen LogP contribution in [0.1, 0.15) is 42.1 Å². The zero-order chi connectivity index (χ0) is 19.7. The van der Waals surface area contributed by atoms with Gasteiger partial charge in [0, 0.05) is 42.8 Å². The summed E-state index contributed by atoms with van der Waals surface area (Å²) >= 11 is 0. The topological polar surface area (TPSA) is 28.5 Å². The number of rotatable bonds is 4. The Morgan fingerprint density at radius 3 is 2.96 bits per heavy atom. The van der Waals surface area contributed by atoms with Crippen LogP contribution in [0.4, 0.5) is 10.1 Å². The Morgan fingerprint density at radius 2 is 2.18 bits per heavy atom. The summed E-state index contributed by atoms with van der Waals surface area (Å²) in [5, 5.41) is 0. The fraction of sp³-hybridized carbons (Fsp3) is 0.333. The normalized spacial score (nSPS) is 19.4. The van der Waals surface area contributed by atoms with Gasteiger partial charge in [0.15, 0.2) is 0 Å². The number of aromatic nitrogens is 1. The van der Waals surface area contributed by atoms with Crippen molar-refractivity contribution in [2.24, 2.45) is 4.99 Å². The van der Waals surface area contributed by atoms with Crippen molar-refractivity contribution >= 4 is 23.2 Å². The maximum atomic E-state index is 13.8. The van der Waals surface area contributed by atoms with Gasteiger partial charge in [0.05, 0.1) is 5.69 Å². The van der Waals surface area contributed by atoms with Crippen molar-refractivity contribution in [2.75, 3.05) is 13.1 Å². The molecule has 0 amide bonds. The molecule has 4 heteroatoms. The zero-order valence-electron chi connectivity index (χ0n) is 16.6. The summed E-state index contributed by atoms with van der Waals surface area (Å²) in [5.41, 5.74) is 8.53. The minimum atomic E-state index is -0.756. The Morgan fingerprint density at radius 1 is 1.32 bits per heavy atom. The van der Waals surface area contributed by atoms with E-state index in [0.29, 0.717) is 13.0 Å². The Bertz CT molecular complexity index is 974. The number of nitrogens with zero attached hydrogens (tertiary/aromatic N) is 3. The highest BCUT2D eigenvalue weighted by Gasteiger charge is 2.22. The van der Waals surface area contributed by atoms with Crippen LogP contribution in [-0.2, 0) is 6.42 Å². The molecule has 0 N–H and O–H groups in total. The molecule has 1 saturated heterocycles. The minimum absolute atomic E-state index is 0.441. The summed E-state index contributed by atoms with van der Waals surface area (Å²) in [4.78, 5) is 11.3. The predicted molar refractivity (Wildman–Crippen MR) is 115 cm³/mol. The number of aliphatic imine (C=N–C) groups is 1. The third-order valence-corrected chi connectivity index (χ3v) is 5.65. The van der Waals surface area contributed by atoms with E-state index in [2.05, 4.69) is 53.7 Å². The predicted octanol–water partition coefficient (Wildman–Crippen LogP) is 5.53. The largest absolute Gasteiger partial charge is 0.369 e. The highest BCUT2D eigenvalue weighted by molar-refractivity contribution is 6.08. The lowest BCUT2D eigenvalue weighted by Crippen LogP contribution is -2.34. The summed E-state index contributed by atoms with van der Waals surface area (Å²) in [7, 11) is 0. The van der Waals surface area contributed by atoms with Gasteiger partial charge in [-0.25, -0.2) is 4.39 Å². The number of hydrogen-bond donors (Lipinski definition) is 0. The second-order valence-corrected chi connectivity index (χ2v) is 7.72. The molecule has 0 bridgehead atoms. The van der Waals surface area contributed by atoms with Crippen LogP contribution in [0.25, 0.3) is 11.8 Å². The molecule has 1 aromatic heterocycles. The summed E-state index contributed by atoms with van der Waals surface area (Å²) in [6.07, 6.45) is 5.58. The molecule has 0 spiro atoms. The van der Waals surface area contributed by atoms with Crippen LogP contribution in [0.15, 0.2) is 53.7 Å². The van der Waals surface area contributed by atoms with Crippen LogP contribution in [0.2, 0.25) is 0 Å². The monoisotopic (exact) mass is 375 g/mol. The van der Waals surface area contributed by atoms with Gasteiger partial charge in [-0.15, -0.1) is 0 Å². The fourth-order valence-corrected chi connectivity index (χ4v) is 3.91. The molecule has 144 valence electrons. The Balaban J connectivity index is 1.56. The molecular formula is C24H26FN3. The zero-order valence-corrected chi connectivity index (χ0v) is 16.6. The molecule has 2 aromatic rings. The average molecular weight is 375 g/mol. The number of alkyl halides is 1. The molecule has 2 aliphatic heterocycles. The number of piperidine rings is 1. The third kappa shape index (κ3) is 3.77. The number of fused-ring (bicyclic) bond motifs is 1. The lowest BCUT2D eigenvalue weighted by molar-refractivity contribution is 0.188. The second-order valence-electron chi connectivity index (χ2n) is 7.72. The van der Waals surface area contributed by atoms with Crippen molar-refractivity contribution in [1.82, 2.24) is 9.88 Å². The molecule has 0 saturated carbocycles. The number of likely N-dealkylation sites (tertiary alicyclic amines) is 1. The first-order valence-electron chi connectivity index (χ1n) is 9.90. The van der Waals surface area contributed by atoms with Crippen molar-refractivity contribution < 1.29 is 4.39 Å². The van der Waals surface area contributed by atoms with Gasteiger partial charge >= 0.3 is 0 Å². The third-order valence-electron chi connectivity index (χ3n) is 5.65. The maximum Gasteiger partial charge on any atom is 0.118 e. The highest BCUT2D eigenvalue weighted by atomic mass is 19.1. The molecule has 3 heterocycles. The lowest BCUT2D eigenvalue weighted by Gasteiger charge is -2.32. The van der Waals surface area contributed by atoms with Gasteiger partial charge < -0.3 is 4.90 Å². The van der Waals surface area contributed by atoms with E-state index in [4.69, 9.17) is 4.99 Å². The second kappa shape index (κ2) is 7.70. The van der Waals surface area contributed by atoms with Crippen molar-refractivity contribution in [2.45, 2.75) is 39.3 Å². The first-order chi connectivity index (χ1) is 13.5. The summed E-state index contributed by atoms with van der Waals surface area (Å²) in [6, 6.07) is 10.3. The number of benzene rings is 1. The Labute approximate surface area is 166 Å². The van der Waals surface area contributed by atoms with Crippen LogP contribution in [-0.4, -0.2) is 34.9 Å². The number of halogens is 1. The minimum Gasteiger partial charge on any atom is -0.369 e. The van der Waals surface area contributed by atoms with Crippen LogP contribution in [0, 0.1) is 6.92 Å². The molecule has 4 rings (SSSR count). The number of aryl methyl sites for hydroxylation is 1. The number of hydrogen-bond acceptors (Lipinski definition) is 3. The molecule has 0 radical (unpaired) electrons. The van der Waals surface area contributed by atoms with E-state index in [1.807, 2.05) is 19.2 Å². The van der Waals surface area contributed by atoms with E-state index in [1.54, 1.807) is 0 Å². The van der Waals surface area contributed by atoms with Gasteiger partial charge in [-0.2, -0.15) is 0 Å². The molecule has 1 aromatic carbocycles. The van der Waals surface area contributed by atoms with Gasteiger partial charge in [-0.3, -0.25) is 9.98 Å². The van der Waals surface area contributed by atoms with Crippen molar-refractivity contribution in [3.05, 3.63) is 71.1 Å². The molecule has 1 unspecified atom stereocenters. The summed E-state index contributed by atoms with van der Waals surface area (Å²) in [5.74, 6) is 0. The van der Waals surface area contributed by atoms with Gasteiger partial charge in [0.2, 0.25) is 0 Å². The standard InChI is InChI=1S/C24H26FN3/c1-16(12-19-6-4-10-26-17(19)2)23-14-21-9-8-20(13-24(21)27-23)18(3)28-11-5-7-22(25)15-28/h4,6,8-10,12-13,22H,3,5,7,11,14-15H2,1-2H3/b16-12+. The molecule has 0 aliphatic carbocycles. The van der Waals surface area contributed by atoms with Crippen LogP contribution in [0.5, 0.6) is 0 Å². The smallest absolute Gasteiger partial charge is 0.118 e. The van der Waals surface area contributed by atoms with Gasteiger partial charge in [0.25, 0.3) is 0 Å². The van der Waals surface area contributed by atoms with E-state index in [9.17, 15) is 4.39 Å². The number of pyridine rings is 1. The fourth-order valence-electron chi connectivity index (χ4n) is 3.91. The Kier molecular flexibility index (Phi) is 5.12. The summed E-state index contributed by atoms with van der Waals surface area (Å²) < 4.78 is 13.8. The quantitative estimate of drug-likeness (QED) is 0.703. The van der Waals surface area contributed by atoms with Crippen molar-refractivity contribution in [3.63, 3.8) is 0 Å². The van der Waals surface area contributed by atoms with Gasteiger partial charge in [-0.1, -0.05) is 24.8 Å². The maximum absolute atomic E-state index is 13.8. The van der Waals surface area contributed by atoms with Gasteiger partial charge in [0.1, 0.15) is 6.17 Å². The number of allylic oxidation sites excluding steroid dienone is 1. The van der Waals surface area contributed by atoms with Crippen molar-refractivity contribution in [3.8, 4) is 0 Å². The van der Waals surface area contributed by atoms with E-state index < -0.39 is 6.17 Å². The lowest BCUT2D eigenvalue weighted by atomic mass is 10.0. The molecule has 28 heavy (non-hydrogen) atoms. The van der Waals surface area contributed by atoms with E-state index in [1.165, 1.54) is 5.56 Å². The van der Waals surface area contributed by atoms with Crippen molar-refractivity contribution in [1.29, 1.82) is 0 Å². The molecule has 2 aliphatic rings. The van der Waals surface area contributed by atoms with E-state index >= 15 is 0 Å². The molecule has 1 fully saturated rings. The van der Waals surface area contributed by atoms with E-state index in [-0.39, 0.29) is 0 Å². The first kappa shape index (κ1) is 18.6. The van der Waals surface area contributed by atoms with Crippen LogP contribution >= 0.6 is 0 Å². The SMILES string of the molecule is C=C(c1ccc2c(c1)N=C(/C(C)=C/c1cccnc1C)C2)N1CCCC(F)C1. The molecule has 1 atom stereocenters. The molecular weight excluding hydrogens is 349 g/mol. The van der Waals surface area contributed by atoms with Crippen LogP contribution < -0.4 is 0 Å². The first-order valence-corrected chi connectivity index (χ1v) is 9.90. The molecule has 3 nitrogen and oxygen atoms in total. The summed E-state index contributed by atoms with van der Waals surface area (Å²) in [6.45, 7) is 9.66. The van der Waals surface area contributed by atoms with Gasteiger partial charge in [-0.05, 0) is 67.2 Å². The Hall–Kier alpha value is -2.75. The average Bonchev–Trinajstić information content (AvgIpc) is 3.12.